The average Bonchev–Trinajstić information content (AvgIpc) is 3.22. The number of methoxy groups -OCH3 is 3. The van der Waals surface area contributed by atoms with Gasteiger partial charge in [0.25, 0.3) is 0 Å². The number of hydrogen-bond donors (Lipinski definition) is 1. The highest BCUT2D eigenvalue weighted by atomic mass is 16.5. The Bertz CT molecular complexity index is 953. The Morgan fingerprint density at radius 2 is 1.72 bits per heavy atom. The molecule has 0 saturated carbocycles. The molecule has 3 aromatic rings. The van der Waals surface area contributed by atoms with Crippen LogP contribution in [0.25, 0.3) is 11.5 Å². The van der Waals surface area contributed by atoms with Crippen LogP contribution in [0.2, 0.25) is 0 Å². The molecule has 0 radical (unpaired) electrons. The van der Waals surface area contributed by atoms with Crippen LogP contribution in [0.15, 0.2) is 46.9 Å². The molecule has 0 unspecified atom stereocenters. The molecule has 1 N–H and O–H groups in total. The fourth-order valence-corrected chi connectivity index (χ4v) is 2.75. The summed E-state index contributed by atoms with van der Waals surface area (Å²) in [6.45, 7) is 0.399. The SMILES string of the molecule is COc1ccc(-c2nnc(CCNC(=O)Cc3ccc(OC)c(OC)c3)o2)cc1. The van der Waals surface area contributed by atoms with E-state index in [1.807, 2.05) is 30.3 Å². The third kappa shape index (κ3) is 5.25. The van der Waals surface area contributed by atoms with Gasteiger partial charge in [0.1, 0.15) is 5.75 Å². The maximum atomic E-state index is 12.2. The molecule has 0 aliphatic carbocycles. The predicted octanol–water partition coefficient (Wildman–Crippen LogP) is 2.66. The van der Waals surface area contributed by atoms with Crippen molar-refractivity contribution in [3.63, 3.8) is 0 Å². The molecular weight excluding hydrogens is 374 g/mol. The Balaban J connectivity index is 1.50. The Morgan fingerprint density at radius 3 is 2.41 bits per heavy atom. The van der Waals surface area contributed by atoms with E-state index in [1.165, 1.54) is 0 Å². The van der Waals surface area contributed by atoms with E-state index in [0.29, 0.717) is 36.2 Å². The monoisotopic (exact) mass is 397 g/mol. The number of hydrogen-bond acceptors (Lipinski definition) is 7. The van der Waals surface area contributed by atoms with Gasteiger partial charge in [0.2, 0.25) is 17.7 Å². The molecule has 1 heterocycles. The number of rotatable bonds is 9. The van der Waals surface area contributed by atoms with E-state index in [-0.39, 0.29) is 12.3 Å². The van der Waals surface area contributed by atoms with Gasteiger partial charge in [-0.25, -0.2) is 0 Å². The molecule has 1 amide bonds. The number of carbonyl (C=O) groups is 1. The lowest BCUT2D eigenvalue weighted by molar-refractivity contribution is -0.120. The van der Waals surface area contributed by atoms with Crippen LogP contribution in [0.5, 0.6) is 17.2 Å². The highest BCUT2D eigenvalue weighted by molar-refractivity contribution is 5.78. The van der Waals surface area contributed by atoms with Gasteiger partial charge in [-0.05, 0) is 42.0 Å². The summed E-state index contributed by atoms with van der Waals surface area (Å²) >= 11 is 0. The maximum absolute atomic E-state index is 12.2. The summed E-state index contributed by atoms with van der Waals surface area (Å²) in [5.41, 5.74) is 1.64. The second-order valence-electron chi connectivity index (χ2n) is 6.20. The number of nitrogens with zero attached hydrogens (tertiary/aromatic N) is 2. The summed E-state index contributed by atoms with van der Waals surface area (Å²) in [5, 5.41) is 10.9. The van der Waals surface area contributed by atoms with E-state index >= 15 is 0 Å². The normalized spacial score (nSPS) is 10.4. The van der Waals surface area contributed by atoms with Gasteiger partial charge in [-0.1, -0.05) is 6.07 Å². The van der Waals surface area contributed by atoms with E-state index in [2.05, 4.69) is 15.5 Å². The van der Waals surface area contributed by atoms with Crippen molar-refractivity contribution >= 4 is 5.91 Å². The van der Waals surface area contributed by atoms with Crippen molar-refractivity contribution in [3.05, 3.63) is 53.9 Å². The minimum Gasteiger partial charge on any atom is -0.497 e. The van der Waals surface area contributed by atoms with Crippen LogP contribution in [0.1, 0.15) is 11.5 Å². The first-order valence-corrected chi connectivity index (χ1v) is 9.07. The number of aromatic nitrogens is 2. The molecule has 152 valence electrons. The molecule has 0 bridgehead atoms. The van der Waals surface area contributed by atoms with Crippen molar-refractivity contribution in [1.82, 2.24) is 15.5 Å². The van der Waals surface area contributed by atoms with Crippen molar-refractivity contribution in [2.45, 2.75) is 12.8 Å². The largest absolute Gasteiger partial charge is 0.497 e. The Hall–Kier alpha value is -3.55. The molecule has 3 rings (SSSR count). The first-order chi connectivity index (χ1) is 14.1. The molecule has 8 nitrogen and oxygen atoms in total. The summed E-state index contributed by atoms with van der Waals surface area (Å²) < 4.78 is 21.2. The molecule has 2 aromatic carbocycles. The molecule has 0 saturated heterocycles. The fourth-order valence-electron chi connectivity index (χ4n) is 2.75. The molecule has 0 spiro atoms. The molecular formula is C21H23N3O5. The van der Waals surface area contributed by atoms with Crippen molar-refractivity contribution in [2.75, 3.05) is 27.9 Å². The van der Waals surface area contributed by atoms with Crippen LogP contribution in [-0.4, -0.2) is 44.0 Å². The van der Waals surface area contributed by atoms with Crippen LogP contribution in [0.4, 0.5) is 0 Å². The standard InChI is InChI=1S/C21H23N3O5/c1-26-16-7-5-15(6-8-16)21-24-23-20(29-21)10-11-22-19(25)13-14-4-9-17(27-2)18(12-14)28-3/h4-9,12H,10-11,13H2,1-3H3,(H,22,25). The van der Waals surface area contributed by atoms with Crippen molar-refractivity contribution in [3.8, 4) is 28.7 Å². The maximum Gasteiger partial charge on any atom is 0.247 e. The minimum absolute atomic E-state index is 0.105. The fraction of sp³-hybridized carbons (Fsp3) is 0.286. The van der Waals surface area contributed by atoms with E-state index < -0.39 is 0 Å². The summed E-state index contributed by atoms with van der Waals surface area (Å²) in [4.78, 5) is 12.2. The van der Waals surface area contributed by atoms with Gasteiger partial charge >= 0.3 is 0 Å². The van der Waals surface area contributed by atoms with Crippen LogP contribution in [0, 0.1) is 0 Å². The quantitative estimate of drug-likeness (QED) is 0.593. The summed E-state index contributed by atoms with van der Waals surface area (Å²) in [6, 6.07) is 12.8. The lowest BCUT2D eigenvalue weighted by Crippen LogP contribution is -2.27. The molecule has 0 aliphatic heterocycles. The summed E-state index contributed by atoms with van der Waals surface area (Å²) in [6.07, 6.45) is 0.683. The highest BCUT2D eigenvalue weighted by Gasteiger charge is 2.11. The van der Waals surface area contributed by atoms with Crippen LogP contribution in [0.3, 0.4) is 0 Å². The number of nitrogens with one attached hydrogen (secondary N) is 1. The van der Waals surface area contributed by atoms with E-state index in [0.717, 1.165) is 16.9 Å². The lowest BCUT2D eigenvalue weighted by Gasteiger charge is -2.09. The Morgan fingerprint density at radius 1 is 0.966 bits per heavy atom. The van der Waals surface area contributed by atoms with Gasteiger partial charge in [-0.3, -0.25) is 4.79 Å². The van der Waals surface area contributed by atoms with Crippen LogP contribution >= 0.6 is 0 Å². The van der Waals surface area contributed by atoms with Crippen molar-refractivity contribution in [1.29, 1.82) is 0 Å². The predicted molar refractivity (Wildman–Crippen MR) is 106 cm³/mol. The second-order valence-corrected chi connectivity index (χ2v) is 6.20. The first-order valence-electron chi connectivity index (χ1n) is 9.07. The summed E-state index contributed by atoms with van der Waals surface area (Å²) in [7, 11) is 4.74. The van der Waals surface area contributed by atoms with Crippen molar-refractivity contribution < 1.29 is 23.4 Å². The Labute approximate surface area is 168 Å². The van der Waals surface area contributed by atoms with E-state index in [1.54, 1.807) is 33.5 Å². The number of ether oxygens (including phenoxy) is 3. The molecule has 1 aromatic heterocycles. The third-order valence-electron chi connectivity index (χ3n) is 4.28. The number of carbonyl (C=O) groups excluding carboxylic acids is 1. The van der Waals surface area contributed by atoms with Crippen LogP contribution in [-0.2, 0) is 17.6 Å². The van der Waals surface area contributed by atoms with Gasteiger partial charge in [0, 0.05) is 18.5 Å². The van der Waals surface area contributed by atoms with Gasteiger partial charge in [0.15, 0.2) is 11.5 Å². The van der Waals surface area contributed by atoms with E-state index in [4.69, 9.17) is 18.6 Å². The van der Waals surface area contributed by atoms with Gasteiger partial charge in [-0.2, -0.15) is 0 Å². The molecule has 0 fully saturated rings. The average molecular weight is 397 g/mol. The Kier molecular flexibility index (Phi) is 6.67. The third-order valence-corrected chi connectivity index (χ3v) is 4.28. The summed E-state index contributed by atoms with van der Waals surface area (Å²) in [5.74, 6) is 2.76. The topological polar surface area (TPSA) is 95.7 Å². The zero-order valence-electron chi connectivity index (χ0n) is 16.6. The zero-order chi connectivity index (χ0) is 20.6. The molecule has 0 aliphatic rings. The van der Waals surface area contributed by atoms with Crippen molar-refractivity contribution in [2.24, 2.45) is 0 Å². The number of benzene rings is 2. The first kappa shape index (κ1) is 20.2. The lowest BCUT2D eigenvalue weighted by atomic mass is 10.1. The van der Waals surface area contributed by atoms with Gasteiger partial charge < -0.3 is 23.9 Å². The van der Waals surface area contributed by atoms with Gasteiger partial charge in [0.05, 0.1) is 27.8 Å². The molecule has 0 atom stereocenters. The highest BCUT2D eigenvalue weighted by Crippen LogP contribution is 2.27. The molecule has 29 heavy (non-hydrogen) atoms. The smallest absolute Gasteiger partial charge is 0.247 e. The zero-order valence-corrected chi connectivity index (χ0v) is 16.6. The van der Waals surface area contributed by atoms with Crippen LogP contribution < -0.4 is 19.5 Å². The second kappa shape index (κ2) is 9.59. The molecule has 8 heteroatoms. The number of amides is 1. The minimum atomic E-state index is -0.105. The van der Waals surface area contributed by atoms with Gasteiger partial charge in [-0.15, -0.1) is 10.2 Å². The van der Waals surface area contributed by atoms with E-state index in [9.17, 15) is 4.79 Å².